The number of fused-ring (bicyclic) bond motifs is 2. The van der Waals surface area contributed by atoms with E-state index in [2.05, 4.69) is 0 Å². The molecule has 0 aliphatic heterocycles. The number of rotatable bonds is 0. The molecule has 0 fully saturated rings. The smallest absolute Gasteiger partial charge is 0.228 e. The lowest BCUT2D eigenvalue weighted by atomic mass is 9.88. The highest BCUT2D eigenvalue weighted by molar-refractivity contribution is 6.45. The van der Waals surface area contributed by atoms with Crippen LogP contribution in [0, 0.1) is 0 Å². The molecule has 0 unspecified atom stereocenters. The van der Waals surface area contributed by atoms with Gasteiger partial charge in [-0.15, -0.1) is 0 Å². The molecule has 0 aromatic heterocycles. The van der Waals surface area contributed by atoms with Crippen molar-refractivity contribution in [1.82, 2.24) is 0 Å². The van der Waals surface area contributed by atoms with Crippen LogP contribution >= 0.6 is 0 Å². The summed E-state index contributed by atoms with van der Waals surface area (Å²) in [7, 11) is 0. The van der Waals surface area contributed by atoms with Crippen LogP contribution in [-0.4, -0.2) is 11.6 Å². The average molecular weight is 210 g/mol. The second-order valence-electron chi connectivity index (χ2n) is 4.11. The monoisotopic (exact) mass is 210 g/mol. The van der Waals surface area contributed by atoms with Crippen LogP contribution in [0.1, 0.15) is 22.3 Å². The lowest BCUT2D eigenvalue weighted by molar-refractivity contribution is -0.115. The van der Waals surface area contributed by atoms with E-state index in [-0.39, 0.29) is 11.6 Å². The standard InChI is InChI=1S/C14H10O2/c15-13-6-5-11-7-9-3-1-2-4-10(9)8-12(11)14(13)16/h1-4,7-8H,5-6H2. The minimum Gasteiger partial charge on any atom is -0.290 e. The highest BCUT2D eigenvalue weighted by atomic mass is 16.2. The van der Waals surface area contributed by atoms with Crippen molar-refractivity contribution in [2.75, 3.05) is 0 Å². The largest absolute Gasteiger partial charge is 0.290 e. The maximum absolute atomic E-state index is 11.7. The Hall–Kier alpha value is -1.96. The van der Waals surface area contributed by atoms with Gasteiger partial charge in [0, 0.05) is 12.0 Å². The van der Waals surface area contributed by atoms with E-state index in [4.69, 9.17) is 0 Å². The normalized spacial score (nSPS) is 15.2. The summed E-state index contributed by atoms with van der Waals surface area (Å²) >= 11 is 0. The number of carbonyl (C=O) groups is 2. The second kappa shape index (κ2) is 3.27. The molecule has 0 amide bonds. The molecule has 3 rings (SSSR count). The van der Waals surface area contributed by atoms with Crippen molar-refractivity contribution in [3.63, 3.8) is 0 Å². The van der Waals surface area contributed by atoms with Crippen molar-refractivity contribution in [2.24, 2.45) is 0 Å². The Morgan fingerprint density at radius 2 is 1.56 bits per heavy atom. The van der Waals surface area contributed by atoms with Crippen LogP contribution in [-0.2, 0) is 11.2 Å². The van der Waals surface area contributed by atoms with E-state index in [1.807, 2.05) is 36.4 Å². The minimum absolute atomic E-state index is 0.261. The van der Waals surface area contributed by atoms with Crippen molar-refractivity contribution in [1.29, 1.82) is 0 Å². The molecule has 2 aromatic carbocycles. The first-order valence-corrected chi connectivity index (χ1v) is 5.35. The molecule has 0 N–H and O–H groups in total. The van der Waals surface area contributed by atoms with Gasteiger partial charge in [-0.3, -0.25) is 9.59 Å². The summed E-state index contributed by atoms with van der Waals surface area (Å²) in [6.45, 7) is 0. The second-order valence-corrected chi connectivity index (χ2v) is 4.11. The molecule has 2 aromatic rings. The quantitative estimate of drug-likeness (QED) is 0.626. The number of hydrogen-bond donors (Lipinski definition) is 0. The van der Waals surface area contributed by atoms with Crippen molar-refractivity contribution in [2.45, 2.75) is 12.8 Å². The fourth-order valence-corrected chi connectivity index (χ4v) is 2.22. The van der Waals surface area contributed by atoms with Crippen LogP contribution in [0.3, 0.4) is 0 Å². The summed E-state index contributed by atoms with van der Waals surface area (Å²) in [6, 6.07) is 11.8. The van der Waals surface area contributed by atoms with Gasteiger partial charge in [-0.05, 0) is 28.8 Å². The first kappa shape index (κ1) is 9.28. The third-order valence-electron chi connectivity index (χ3n) is 3.09. The Morgan fingerprint density at radius 3 is 2.31 bits per heavy atom. The van der Waals surface area contributed by atoms with Gasteiger partial charge in [0.15, 0.2) is 0 Å². The number of aryl methyl sites for hydroxylation is 1. The molecule has 0 atom stereocenters. The summed E-state index contributed by atoms with van der Waals surface area (Å²) in [5, 5.41) is 2.15. The molecule has 2 nitrogen and oxygen atoms in total. The van der Waals surface area contributed by atoms with Crippen LogP contribution in [0.4, 0.5) is 0 Å². The summed E-state index contributed by atoms with van der Waals surface area (Å²) in [5.41, 5.74) is 1.60. The van der Waals surface area contributed by atoms with Gasteiger partial charge in [0.1, 0.15) is 0 Å². The van der Waals surface area contributed by atoms with Crippen molar-refractivity contribution in [3.05, 3.63) is 47.5 Å². The molecule has 0 radical (unpaired) electrons. The van der Waals surface area contributed by atoms with E-state index in [1.165, 1.54) is 0 Å². The fraction of sp³-hybridized carbons (Fsp3) is 0.143. The van der Waals surface area contributed by atoms with E-state index in [9.17, 15) is 9.59 Å². The van der Waals surface area contributed by atoms with Gasteiger partial charge in [-0.2, -0.15) is 0 Å². The Morgan fingerprint density at radius 1 is 0.875 bits per heavy atom. The average Bonchev–Trinajstić information content (AvgIpc) is 2.32. The molecule has 0 heterocycles. The van der Waals surface area contributed by atoms with Crippen molar-refractivity contribution >= 4 is 22.3 Å². The molecule has 0 bridgehead atoms. The predicted molar refractivity (Wildman–Crippen MR) is 61.6 cm³/mol. The highest BCUT2D eigenvalue weighted by Crippen LogP contribution is 2.25. The number of carbonyl (C=O) groups excluding carboxylic acids is 2. The molecule has 0 spiro atoms. The lowest BCUT2D eigenvalue weighted by Crippen LogP contribution is -2.21. The molecule has 78 valence electrons. The van der Waals surface area contributed by atoms with Gasteiger partial charge in [-0.25, -0.2) is 0 Å². The van der Waals surface area contributed by atoms with E-state index in [0.29, 0.717) is 18.4 Å². The zero-order valence-corrected chi connectivity index (χ0v) is 8.69. The van der Waals surface area contributed by atoms with E-state index < -0.39 is 0 Å². The molecule has 0 saturated carbocycles. The zero-order chi connectivity index (χ0) is 11.1. The van der Waals surface area contributed by atoms with Crippen LogP contribution in [0.15, 0.2) is 36.4 Å². The minimum atomic E-state index is -0.327. The van der Waals surface area contributed by atoms with E-state index >= 15 is 0 Å². The van der Waals surface area contributed by atoms with Crippen molar-refractivity contribution < 1.29 is 9.59 Å². The molecule has 1 aliphatic carbocycles. The van der Waals surface area contributed by atoms with Gasteiger partial charge in [0.2, 0.25) is 11.6 Å². The summed E-state index contributed by atoms with van der Waals surface area (Å²) in [6.07, 6.45) is 1.04. The molecule has 2 heteroatoms. The number of ketones is 2. The maximum atomic E-state index is 11.7. The summed E-state index contributed by atoms with van der Waals surface area (Å²) < 4.78 is 0. The number of hydrogen-bond acceptors (Lipinski definition) is 2. The molecule has 16 heavy (non-hydrogen) atoms. The van der Waals surface area contributed by atoms with E-state index in [1.54, 1.807) is 0 Å². The topological polar surface area (TPSA) is 34.1 Å². The van der Waals surface area contributed by atoms with Crippen LogP contribution in [0.5, 0.6) is 0 Å². The zero-order valence-electron chi connectivity index (χ0n) is 8.69. The fourth-order valence-electron chi connectivity index (χ4n) is 2.22. The lowest BCUT2D eigenvalue weighted by Gasteiger charge is -2.14. The first-order chi connectivity index (χ1) is 7.75. The number of benzene rings is 2. The maximum Gasteiger partial charge on any atom is 0.228 e. The predicted octanol–water partition coefficient (Wildman–Crippen LogP) is 2.54. The van der Waals surface area contributed by atoms with Crippen LogP contribution in [0.2, 0.25) is 0 Å². The third kappa shape index (κ3) is 1.27. The summed E-state index contributed by atoms with van der Waals surface area (Å²) in [5.74, 6) is -0.588. The Labute approximate surface area is 92.9 Å². The van der Waals surface area contributed by atoms with Gasteiger partial charge >= 0.3 is 0 Å². The third-order valence-corrected chi connectivity index (χ3v) is 3.09. The Kier molecular flexibility index (Phi) is 1.90. The SMILES string of the molecule is O=C1CCc2cc3ccccc3cc2C1=O. The van der Waals surface area contributed by atoms with Crippen LogP contribution in [0.25, 0.3) is 10.8 Å². The molecular formula is C14H10O2. The van der Waals surface area contributed by atoms with Gasteiger partial charge in [-0.1, -0.05) is 30.3 Å². The first-order valence-electron chi connectivity index (χ1n) is 5.35. The Balaban J connectivity index is 2.31. The Bertz CT molecular complexity index is 611. The summed E-state index contributed by atoms with van der Waals surface area (Å²) in [4.78, 5) is 23.1. The van der Waals surface area contributed by atoms with Gasteiger partial charge in [0.05, 0.1) is 0 Å². The van der Waals surface area contributed by atoms with Gasteiger partial charge < -0.3 is 0 Å². The molecule has 1 aliphatic rings. The molecule has 0 saturated heterocycles. The van der Waals surface area contributed by atoms with E-state index in [0.717, 1.165) is 16.3 Å². The molecular weight excluding hydrogens is 200 g/mol. The van der Waals surface area contributed by atoms with Crippen LogP contribution < -0.4 is 0 Å². The highest BCUT2D eigenvalue weighted by Gasteiger charge is 2.24. The number of Topliss-reactive ketones (excluding diaryl/α,β-unsaturated/α-hetero) is 2. The van der Waals surface area contributed by atoms with Crippen molar-refractivity contribution in [3.8, 4) is 0 Å². The van der Waals surface area contributed by atoms with Gasteiger partial charge in [0.25, 0.3) is 0 Å².